The number of aliphatic hydroxyl groups is 1. The van der Waals surface area contributed by atoms with E-state index in [1.807, 2.05) is 18.2 Å². The molecule has 0 bridgehead atoms. The topological polar surface area (TPSA) is 109 Å². The number of likely N-dealkylation sites (tertiary alicyclic amines) is 1. The van der Waals surface area contributed by atoms with Crippen molar-refractivity contribution in [3.05, 3.63) is 63.8 Å². The third-order valence-electron chi connectivity index (χ3n) is 6.70. The fraction of sp³-hybridized carbons (Fsp3) is 0.391. The Labute approximate surface area is 195 Å². The van der Waals surface area contributed by atoms with Crippen LogP contribution in [0.5, 0.6) is 0 Å². The van der Waals surface area contributed by atoms with E-state index in [2.05, 4.69) is 19.6 Å². The van der Waals surface area contributed by atoms with Gasteiger partial charge in [0.1, 0.15) is 11.4 Å². The van der Waals surface area contributed by atoms with Crippen LogP contribution in [0.15, 0.2) is 45.7 Å². The van der Waals surface area contributed by atoms with Gasteiger partial charge in [-0.05, 0) is 49.7 Å². The van der Waals surface area contributed by atoms with Crippen molar-refractivity contribution in [1.82, 2.24) is 19.8 Å². The van der Waals surface area contributed by atoms with Gasteiger partial charge in [0, 0.05) is 37.6 Å². The summed E-state index contributed by atoms with van der Waals surface area (Å²) in [5.41, 5.74) is 7.57. The van der Waals surface area contributed by atoms with Crippen LogP contribution in [0.4, 0.5) is 15.8 Å². The lowest BCUT2D eigenvalue weighted by Crippen LogP contribution is -2.48. The number of rotatable bonds is 6. The molecule has 5 rings (SSSR count). The van der Waals surface area contributed by atoms with E-state index >= 15 is 0 Å². The maximum absolute atomic E-state index is 14.7. The first-order chi connectivity index (χ1) is 15.9. The standard InChI is InChI=1S/C23H25FN6O2S/c24-16-11-27-19-3-4-20(31)30-13-23(32,21(16)22(19)30)12-29-7-5-15(6-8-29)26-10-14-1-2-18(28-33)17(25)9-14/h1-4,9,11,15,26,32H,5-8,10,12-13,25H2/t23-/m0/s1. The lowest BCUT2D eigenvalue weighted by atomic mass is 9.93. The predicted molar refractivity (Wildman–Crippen MR) is 126 cm³/mol. The molecule has 4 heterocycles. The number of piperidine rings is 1. The summed E-state index contributed by atoms with van der Waals surface area (Å²) in [6.45, 7) is 2.51. The molecule has 2 aliphatic rings. The molecule has 0 aliphatic carbocycles. The second-order valence-corrected chi connectivity index (χ2v) is 9.10. The van der Waals surface area contributed by atoms with E-state index < -0.39 is 11.4 Å². The van der Waals surface area contributed by atoms with Crippen LogP contribution in [-0.4, -0.2) is 45.2 Å². The van der Waals surface area contributed by atoms with E-state index in [-0.39, 0.29) is 24.2 Å². The number of anilines is 1. The van der Waals surface area contributed by atoms with Crippen LogP contribution in [0.3, 0.4) is 0 Å². The molecule has 10 heteroatoms. The Balaban J connectivity index is 1.23. The van der Waals surface area contributed by atoms with Gasteiger partial charge in [-0.3, -0.25) is 14.7 Å². The minimum absolute atomic E-state index is 0.0350. The minimum atomic E-state index is -1.46. The van der Waals surface area contributed by atoms with Crippen LogP contribution < -0.4 is 16.6 Å². The van der Waals surface area contributed by atoms with Crippen molar-refractivity contribution in [2.75, 3.05) is 25.4 Å². The van der Waals surface area contributed by atoms with Gasteiger partial charge in [0.15, 0.2) is 0 Å². The number of pyridine rings is 2. The Kier molecular flexibility index (Phi) is 5.69. The van der Waals surface area contributed by atoms with Crippen molar-refractivity contribution >= 4 is 34.8 Å². The van der Waals surface area contributed by atoms with Crippen molar-refractivity contribution < 1.29 is 9.50 Å². The second-order valence-electron chi connectivity index (χ2n) is 8.92. The summed E-state index contributed by atoms with van der Waals surface area (Å²) in [7, 11) is 0. The van der Waals surface area contributed by atoms with Gasteiger partial charge in [0.2, 0.25) is 0 Å². The molecule has 172 valence electrons. The minimum Gasteiger partial charge on any atom is -0.397 e. The number of nitrogens with zero attached hydrogens (tertiary/aromatic N) is 4. The maximum atomic E-state index is 14.7. The highest BCUT2D eigenvalue weighted by Gasteiger charge is 2.43. The Hall–Kier alpha value is -2.79. The molecule has 1 fully saturated rings. The molecule has 33 heavy (non-hydrogen) atoms. The van der Waals surface area contributed by atoms with E-state index in [4.69, 9.17) is 18.2 Å². The van der Waals surface area contributed by atoms with Crippen LogP contribution in [0, 0.1) is 5.82 Å². The average molecular weight is 469 g/mol. The molecular formula is C23H25FN6O2S. The molecule has 0 unspecified atom stereocenters. The molecule has 0 spiro atoms. The quantitative estimate of drug-likeness (QED) is 0.475. The first-order valence-electron chi connectivity index (χ1n) is 11.0. The SMILES string of the molecule is Nc1cc(CNC2CCN(C[C@]3(O)Cn4c(=O)ccc5ncc(F)c3c54)CC2)ccc1N=S. The van der Waals surface area contributed by atoms with Gasteiger partial charge in [-0.25, -0.2) is 4.39 Å². The molecular weight excluding hydrogens is 443 g/mol. The normalized spacial score (nSPS) is 21.0. The number of aromatic nitrogens is 2. The van der Waals surface area contributed by atoms with E-state index in [1.54, 1.807) is 6.07 Å². The van der Waals surface area contributed by atoms with Gasteiger partial charge in [0.05, 0.1) is 40.7 Å². The van der Waals surface area contributed by atoms with Crippen molar-refractivity contribution in [3.63, 3.8) is 0 Å². The fourth-order valence-corrected chi connectivity index (χ4v) is 5.20. The van der Waals surface area contributed by atoms with Crippen LogP contribution in [-0.2, 0) is 31.1 Å². The van der Waals surface area contributed by atoms with E-state index in [9.17, 15) is 14.3 Å². The van der Waals surface area contributed by atoms with Crippen molar-refractivity contribution in [2.45, 2.75) is 37.6 Å². The molecule has 4 N–H and O–H groups in total. The number of hydrogen-bond acceptors (Lipinski definition) is 8. The summed E-state index contributed by atoms with van der Waals surface area (Å²) in [5.74, 6) is -0.576. The van der Waals surface area contributed by atoms with Gasteiger partial charge in [-0.15, -0.1) is 0 Å². The first-order valence-corrected chi connectivity index (χ1v) is 11.3. The third-order valence-corrected chi connectivity index (χ3v) is 6.89. The molecule has 0 amide bonds. The third kappa shape index (κ3) is 4.04. The number of nitrogens with one attached hydrogen (secondary N) is 1. The molecule has 1 aromatic carbocycles. The zero-order valence-electron chi connectivity index (χ0n) is 18.0. The Bertz CT molecular complexity index is 1290. The maximum Gasteiger partial charge on any atom is 0.251 e. The van der Waals surface area contributed by atoms with Crippen LogP contribution in [0.2, 0.25) is 0 Å². The molecule has 1 saturated heterocycles. The van der Waals surface area contributed by atoms with E-state index in [0.717, 1.165) is 37.7 Å². The molecule has 0 saturated carbocycles. The number of benzene rings is 1. The van der Waals surface area contributed by atoms with Crippen LogP contribution in [0.1, 0.15) is 24.0 Å². The Morgan fingerprint density at radius 3 is 2.82 bits per heavy atom. The highest BCUT2D eigenvalue weighted by atomic mass is 32.1. The summed E-state index contributed by atoms with van der Waals surface area (Å²) < 4.78 is 19.9. The molecule has 2 aromatic heterocycles. The van der Waals surface area contributed by atoms with Crippen molar-refractivity contribution in [1.29, 1.82) is 0 Å². The summed E-state index contributed by atoms with van der Waals surface area (Å²) in [6, 6.07) is 8.98. The fourth-order valence-electron chi connectivity index (χ4n) is 5.03. The Morgan fingerprint density at radius 2 is 2.09 bits per heavy atom. The molecule has 0 radical (unpaired) electrons. The highest BCUT2D eigenvalue weighted by Crippen LogP contribution is 2.38. The molecule has 3 aromatic rings. The average Bonchev–Trinajstić information content (AvgIpc) is 3.12. The molecule has 2 aliphatic heterocycles. The summed E-state index contributed by atoms with van der Waals surface area (Å²) in [6.07, 6.45) is 2.92. The number of nitrogen functional groups attached to an aromatic ring is 1. The predicted octanol–water partition coefficient (Wildman–Crippen LogP) is 1.94. The van der Waals surface area contributed by atoms with Gasteiger partial charge < -0.3 is 20.7 Å². The summed E-state index contributed by atoms with van der Waals surface area (Å²) in [4.78, 5) is 18.6. The largest absolute Gasteiger partial charge is 0.397 e. The molecule has 1 atom stereocenters. The summed E-state index contributed by atoms with van der Waals surface area (Å²) >= 11 is 4.70. The van der Waals surface area contributed by atoms with Crippen molar-refractivity contribution in [3.8, 4) is 0 Å². The number of halogens is 1. The van der Waals surface area contributed by atoms with Gasteiger partial charge in [-0.1, -0.05) is 6.07 Å². The van der Waals surface area contributed by atoms with Gasteiger partial charge in [-0.2, -0.15) is 4.36 Å². The highest BCUT2D eigenvalue weighted by molar-refractivity contribution is 7.47. The van der Waals surface area contributed by atoms with Gasteiger partial charge in [0.25, 0.3) is 5.56 Å². The second kappa shape index (κ2) is 8.53. The van der Waals surface area contributed by atoms with Crippen LogP contribution in [0.25, 0.3) is 11.0 Å². The van der Waals surface area contributed by atoms with E-state index in [0.29, 0.717) is 35.0 Å². The zero-order valence-corrected chi connectivity index (χ0v) is 18.8. The molecule has 8 nitrogen and oxygen atoms in total. The number of hydrogen-bond donors (Lipinski definition) is 3. The number of nitrogens with two attached hydrogens (primary N) is 1. The summed E-state index contributed by atoms with van der Waals surface area (Å²) in [5, 5.41) is 15.0. The smallest absolute Gasteiger partial charge is 0.251 e. The monoisotopic (exact) mass is 468 g/mol. The Morgan fingerprint density at radius 1 is 1.30 bits per heavy atom. The van der Waals surface area contributed by atoms with Gasteiger partial charge >= 0.3 is 0 Å². The van der Waals surface area contributed by atoms with Crippen molar-refractivity contribution in [2.24, 2.45) is 4.36 Å². The first kappa shape index (κ1) is 22.0. The van der Waals surface area contributed by atoms with E-state index in [1.165, 1.54) is 10.6 Å². The lowest BCUT2D eigenvalue weighted by Gasteiger charge is -2.37. The number of β-amino-alcohol motifs (C(OH)–C–C–N with tert-alkyl or cyclic N) is 1. The lowest BCUT2D eigenvalue weighted by molar-refractivity contribution is -0.0159. The zero-order chi connectivity index (χ0) is 23.2. The van der Waals surface area contributed by atoms with Crippen LogP contribution >= 0.6 is 0 Å².